The maximum Gasteiger partial charge on any atom is 0.452 e. The van der Waals surface area contributed by atoms with Crippen LogP contribution in [-0.4, -0.2) is 74.7 Å². The Morgan fingerprint density at radius 3 is 1.47 bits per heavy atom. The number of hydrogen-bond acceptors (Lipinski definition) is 10. The first kappa shape index (κ1) is 39.9. The second-order valence-electron chi connectivity index (χ2n) is 10.0. The average Bonchev–Trinajstić information content (AvgIpc) is 3.72. The molecule has 0 aliphatic rings. The van der Waals surface area contributed by atoms with Crippen molar-refractivity contribution in [2.45, 2.75) is 45.5 Å². The van der Waals surface area contributed by atoms with Gasteiger partial charge in [-0.25, -0.2) is 23.1 Å². The minimum atomic E-state index is -4.78. The lowest BCUT2D eigenvalue weighted by atomic mass is 10.2. The van der Waals surface area contributed by atoms with E-state index in [-0.39, 0.29) is 34.0 Å². The van der Waals surface area contributed by atoms with E-state index in [4.69, 9.17) is 0 Å². The molecule has 0 saturated carbocycles. The molecule has 12 nitrogen and oxygen atoms in total. The van der Waals surface area contributed by atoms with Gasteiger partial charge in [-0.2, -0.15) is 39.5 Å². The minimum absolute atomic E-state index is 0.0391. The molecule has 6 heterocycles. The van der Waals surface area contributed by atoms with Crippen LogP contribution < -0.4 is 9.47 Å². The number of rotatable bonds is 7. The Morgan fingerprint density at radius 1 is 0.623 bits per heavy atom. The highest BCUT2D eigenvalue weighted by Crippen LogP contribution is 2.30. The third-order valence-corrected chi connectivity index (χ3v) is 6.17. The van der Waals surface area contributed by atoms with Crippen LogP contribution >= 0.6 is 0 Å². The second kappa shape index (κ2) is 15.8. The average molecular weight is 771 g/mol. The van der Waals surface area contributed by atoms with Gasteiger partial charge < -0.3 is 9.47 Å². The van der Waals surface area contributed by atoms with Gasteiger partial charge in [0.1, 0.15) is 0 Å². The molecule has 6 aromatic rings. The van der Waals surface area contributed by atoms with Gasteiger partial charge in [0.25, 0.3) is 11.8 Å². The molecule has 0 saturated heterocycles. The third kappa shape index (κ3) is 10.2. The molecule has 1 unspecified atom stereocenters. The van der Waals surface area contributed by atoms with Crippen LogP contribution in [0.4, 0.5) is 52.7 Å². The molecule has 0 N–H and O–H groups in total. The topological polar surface area (TPSA) is 130 Å². The Kier molecular flexibility index (Phi) is 11.9. The zero-order valence-corrected chi connectivity index (χ0v) is 26.9. The molecule has 6 aromatic heterocycles. The number of fused-ring (bicyclic) bond motifs is 2. The summed E-state index contributed by atoms with van der Waals surface area (Å²) in [5.74, 6) is -5.25. The predicted octanol–water partition coefficient (Wildman–Crippen LogP) is 7.61. The van der Waals surface area contributed by atoms with E-state index in [9.17, 15) is 52.7 Å². The van der Waals surface area contributed by atoms with Gasteiger partial charge in [0.2, 0.25) is 5.82 Å². The van der Waals surface area contributed by atoms with Crippen molar-refractivity contribution in [3.63, 3.8) is 0 Å². The van der Waals surface area contributed by atoms with E-state index in [1.54, 1.807) is 0 Å². The lowest BCUT2D eigenvalue weighted by Gasteiger charge is -2.10. The summed E-state index contributed by atoms with van der Waals surface area (Å²) in [5.41, 5.74) is 0.275. The molecular weight excluding hydrogens is 748 g/mol. The summed E-state index contributed by atoms with van der Waals surface area (Å²) in [7, 11) is 0. The Hall–Kier alpha value is -5.84. The quantitative estimate of drug-likeness (QED) is 0.150. The van der Waals surface area contributed by atoms with Gasteiger partial charge in [0.05, 0.1) is 23.8 Å². The van der Waals surface area contributed by atoms with Crippen LogP contribution in [-0.2, 0) is 6.18 Å². The summed E-state index contributed by atoms with van der Waals surface area (Å²) >= 11 is 0. The lowest BCUT2D eigenvalue weighted by molar-refractivity contribution is -0.155. The first-order chi connectivity index (χ1) is 24.8. The Balaban J connectivity index is 0.000000226. The molecule has 284 valence electrons. The van der Waals surface area contributed by atoms with E-state index in [0.29, 0.717) is 10.0 Å². The zero-order chi connectivity index (χ0) is 39.3. The highest BCUT2D eigenvalue weighted by molar-refractivity contribution is 5.60. The van der Waals surface area contributed by atoms with Crippen molar-refractivity contribution >= 4 is 11.3 Å². The van der Waals surface area contributed by atoms with Crippen LogP contribution in [0, 0.1) is 11.6 Å². The van der Waals surface area contributed by atoms with Crippen molar-refractivity contribution in [2.75, 3.05) is 13.2 Å². The molecule has 0 fully saturated rings. The van der Waals surface area contributed by atoms with Crippen molar-refractivity contribution in [2.24, 2.45) is 0 Å². The monoisotopic (exact) mass is 770 g/mol. The highest BCUT2D eigenvalue weighted by Gasteiger charge is 2.37. The fourth-order valence-electron chi connectivity index (χ4n) is 4.03. The normalized spacial score (nSPS) is 12.5. The second-order valence-corrected chi connectivity index (χ2v) is 10.0. The van der Waals surface area contributed by atoms with E-state index >= 15 is 0 Å². The van der Waals surface area contributed by atoms with Crippen LogP contribution in [0.15, 0.2) is 49.3 Å². The summed E-state index contributed by atoms with van der Waals surface area (Å²) < 4.78 is 163. The van der Waals surface area contributed by atoms with Gasteiger partial charge >= 0.3 is 18.5 Å². The standard InChI is InChI=1S/C14H10F5N5O.C13H6F7N5O.C2H6/c1-7(15)12-23-22-11-4-20-10(5-24(11)12)8-2-9(16)13(21-3-8)25-6-14(17,18)19;14-7-1-6(2-22-10(7)26-5-12(15,16)17)8-4-25-9(3-21-8)23-24-11(25)13(18,19)20;1-2/h2-5,7H,6H2,1H3;1-4H,5H2;1-2H3. The fourth-order valence-corrected chi connectivity index (χ4v) is 4.03. The maximum absolute atomic E-state index is 13.9. The molecule has 0 amide bonds. The molecule has 0 bridgehead atoms. The summed E-state index contributed by atoms with van der Waals surface area (Å²) in [5, 5.41) is 13.8. The van der Waals surface area contributed by atoms with E-state index in [2.05, 4.69) is 49.8 Å². The zero-order valence-electron chi connectivity index (χ0n) is 26.9. The molecule has 24 heteroatoms. The van der Waals surface area contributed by atoms with E-state index in [1.165, 1.54) is 23.7 Å². The largest absolute Gasteiger partial charge is 0.466 e. The molecule has 53 heavy (non-hydrogen) atoms. The van der Waals surface area contributed by atoms with Crippen molar-refractivity contribution in [3.05, 3.63) is 72.6 Å². The lowest BCUT2D eigenvalue weighted by Crippen LogP contribution is -2.20. The molecule has 0 aliphatic heterocycles. The van der Waals surface area contributed by atoms with Gasteiger partial charge in [-0.05, 0) is 19.1 Å². The first-order valence-electron chi connectivity index (χ1n) is 14.6. The van der Waals surface area contributed by atoms with Gasteiger partial charge in [-0.3, -0.25) is 18.8 Å². The Bertz CT molecular complexity index is 2170. The van der Waals surface area contributed by atoms with Crippen molar-refractivity contribution in [3.8, 4) is 34.3 Å². The molecule has 0 spiro atoms. The molecule has 0 aromatic carbocycles. The van der Waals surface area contributed by atoms with Crippen LogP contribution in [0.1, 0.15) is 38.6 Å². The van der Waals surface area contributed by atoms with E-state index < -0.39 is 67.1 Å². The summed E-state index contributed by atoms with van der Waals surface area (Å²) in [6.07, 6.45) is -8.86. The molecule has 0 aliphatic carbocycles. The Morgan fingerprint density at radius 2 is 1.06 bits per heavy atom. The highest BCUT2D eigenvalue weighted by atomic mass is 19.4. The van der Waals surface area contributed by atoms with Crippen LogP contribution in [0.2, 0.25) is 0 Å². The molecular formula is C29H22F12N10O2. The smallest absolute Gasteiger partial charge is 0.452 e. The third-order valence-electron chi connectivity index (χ3n) is 6.17. The van der Waals surface area contributed by atoms with Crippen molar-refractivity contribution < 1.29 is 62.2 Å². The molecule has 6 rings (SSSR count). The number of halogens is 12. The van der Waals surface area contributed by atoms with E-state index in [1.807, 2.05) is 13.8 Å². The summed E-state index contributed by atoms with van der Waals surface area (Å²) in [6.45, 7) is 1.89. The Labute approximate surface area is 288 Å². The first-order valence-corrected chi connectivity index (χ1v) is 14.6. The fraction of sp³-hybridized carbons (Fsp3) is 0.310. The minimum Gasteiger partial charge on any atom is -0.466 e. The maximum atomic E-state index is 13.9. The molecule has 0 radical (unpaired) electrons. The number of ether oxygens (including phenoxy) is 2. The van der Waals surface area contributed by atoms with Gasteiger partial charge in [0.15, 0.2) is 48.1 Å². The number of nitrogens with zero attached hydrogens (tertiary/aromatic N) is 10. The summed E-state index contributed by atoms with van der Waals surface area (Å²) in [4.78, 5) is 14.8. The summed E-state index contributed by atoms with van der Waals surface area (Å²) in [6, 6.07) is 1.67. The van der Waals surface area contributed by atoms with Gasteiger partial charge in [0, 0.05) is 35.9 Å². The number of hydrogen-bond donors (Lipinski definition) is 0. The SMILES string of the molecule is CC.CC(F)c1nnc2cnc(-c3cnc(OCC(F)(F)F)c(F)c3)cn12.Fc1cc(-c2cn3c(C(F)(F)F)nnc3cn2)cnc1OCC(F)(F)F. The molecule has 1 atom stereocenters. The van der Waals surface area contributed by atoms with Crippen molar-refractivity contribution in [1.82, 2.24) is 49.1 Å². The number of pyridine rings is 2. The van der Waals surface area contributed by atoms with Crippen LogP contribution in [0.5, 0.6) is 11.8 Å². The van der Waals surface area contributed by atoms with E-state index in [0.717, 1.165) is 36.9 Å². The van der Waals surface area contributed by atoms with Crippen molar-refractivity contribution in [1.29, 1.82) is 0 Å². The van der Waals surface area contributed by atoms with Gasteiger partial charge in [-0.1, -0.05) is 13.8 Å². The number of aromatic nitrogens is 10. The van der Waals surface area contributed by atoms with Gasteiger partial charge in [-0.15, -0.1) is 20.4 Å². The predicted molar refractivity (Wildman–Crippen MR) is 157 cm³/mol. The number of alkyl halides is 10. The van der Waals surface area contributed by atoms with Crippen LogP contribution in [0.25, 0.3) is 33.8 Å². The van der Waals surface area contributed by atoms with Crippen LogP contribution in [0.3, 0.4) is 0 Å².